The van der Waals surface area contributed by atoms with Crippen molar-refractivity contribution in [2.24, 2.45) is 11.0 Å². The van der Waals surface area contributed by atoms with Gasteiger partial charge in [0.05, 0.1) is 21.2 Å². The summed E-state index contributed by atoms with van der Waals surface area (Å²) in [6.45, 7) is 5.14. The largest absolute Gasteiger partial charge is 0.366 e. The molecule has 2 aromatic carbocycles. The van der Waals surface area contributed by atoms with Gasteiger partial charge in [-0.25, -0.2) is 5.43 Å². The lowest BCUT2D eigenvalue weighted by Gasteiger charge is -2.20. The molecule has 0 aliphatic carbocycles. The Morgan fingerprint density at radius 2 is 1.82 bits per heavy atom. The van der Waals surface area contributed by atoms with Crippen LogP contribution in [0.1, 0.15) is 42.6 Å². The van der Waals surface area contributed by atoms with Gasteiger partial charge in [0.15, 0.2) is 0 Å². The second-order valence-corrected chi connectivity index (χ2v) is 9.07. The fraction of sp³-hybridized carbons (Fsp3) is 0.348. The van der Waals surface area contributed by atoms with Crippen molar-refractivity contribution in [2.75, 3.05) is 18.0 Å². The first-order valence-corrected chi connectivity index (χ1v) is 11.5. The second kappa shape index (κ2) is 11.3. The number of carbonyl (C=O) groups excluding carboxylic acids is 2. The predicted molar refractivity (Wildman–Crippen MR) is 133 cm³/mol. The molecule has 9 nitrogen and oxygen atoms in total. The molecule has 0 saturated carbocycles. The van der Waals surface area contributed by atoms with Gasteiger partial charge in [0.25, 0.3) is 17.5 Å². The van der Waals surface area contributed by atoms with Crippen LogP contribution in [0.15, 0.2) is 41.5 Å². The Morgan fingerprint density at radius 3 is 2.44 bits per heavy atom. The number of anilines is 1. The zero-order valence-electron chi connectivity index (χ0n) is 18.8. The first-order valence-electron chi connectivity index (χ1n) is 10.8. The molecule has 1 atom stereocenters. The highest BCUT2D eigenvalue weighted by molar-refractivity contribution is 6.42. The van der Waals surface area contributed by atoms with Gasteiger partial charge >= 0.3 is 0 Å². The van der Waals surface area contributed by atoms with Crippen LogP contribution < -0.4 is 15.6 Å². The van der Waals surface area contributed by atoms with Crippen LogP contribution in [0.3, 0.4) is 0 Å². The lowest BCUT2D eigenvalue weighted by atomic mass is 10.0. The molecule has 1 unspecified atom stereocenters. The van der Waals surface area contributed by atoms with Gasteiger partial charge in [0, 0.05) is 30.3 Å². The van der Waals surface area contributed by atoms with E-state index in [0.717, 1.165) is 25.9 Å². The highest BCUT2D eigenvalue weighted by atomic mass is 35.5. The van der Waals surface area contributed by atoms with Crippen molar-refractivity contribution in [3.8, 4) is 0 Å². The van der Waals surface area contributed by atoms with Gasteiger partial charge in [0.1, 0.15) is 11.7 Å². The first-order chi connectivity index (χ1) is 16.2. The molecule has 0 spiro atoms. The van der Waals surface area contributed by atoms with Crippen LogP contribution in [0, 0.1) is 16.0 Å². The molecule has 2 N–H and O–H groups in total. The summed E-state index contributed by atoms with van der Waals surface area (Å²) >= 11 is 11.9. The van der Waals surface area contributed by atoms with Crippen molar-refractivity contribution in [3.63, 3.8) is 0 Å². The van der Waals surface area contributed by atoms with Gasteiger partial charge < -0.3 is 10.2 Å². The Balaban J connectivity index is 1.67. The van der Waals surface area contributed by atoms with E-state index in [9.17, 15) is 19.7 Å². The number of halogens is 2. The summed E-state index contributed by atoms with van der Waals surface area (Å²) < 4.78 is 0. The molecule has 1 saturated heterocycles. The van der Waals surface area contributed by atoms with E-state index in [1.165, 1.54) is 30.5 Å². The third-order valence-electron chi connectivity index (χ3n) is 5.45. The topological polar surface area (TPSA) is 117 Å². The van der Waals surface area contributed by atoms with Gasteiger partial charge in [-0.2, -0.15) is 5.10 Å². The van der Waals surface area contributed by atoms with Crippen molar-refractivity contribution in [3.05, 3.63) is 67.7 Å². The molecule has 180 valence electrons. The normalized spacial score (nSPS) is 14.4. The summed E-state index contributed by atoms with van der Waals surface area (Å²) in [4.78, 5) is 38.3. The Morgan fingerprint density at radius 1 is 1.12 bits per heavy atom. The Labute approximate surface area is 207 Å². The van der Waals surface area contributed by atoms with Gasteiger partial charge in [-0.15, -0.1) is 0 Å². The van der Waals surface area contributed by atoms with Crippen LogP contribution in [0.4, 0.5) is 11.4 Å². The number of benzene rings is 2. The molecule has 1 aliphatic rings. The summed E-state index contributed by atoms with van der Waals surface area (Å²) in [7, 11) is 0. The first kappa shape index (κ1) is 25.5. The number of hydrogen-bond acceptors (Lipinski definition) is 6. The summed E-state index contributed by atoms with van der Waals surface area (Å²) in [5.74, 6) is -1.24. The summed E-state index contributed by atoms with van der Waals surface area (Å²) in [6.07, 6.45) is 3.34. The van der Waals surface area contributed by atoms with Crippen LogP contribution in [0.2, 0.25) is 10.0 Å². The van der Waals surface area contributed by atoms with Crippen LogP contribution in [-0.4, -0.2) is 42.1 Å². The van der Waals surface area contributed by atoms with Gasteiger partial charge in [0.2, 0.25) is 0 Å². The van der Waals surface area contributed by atoms with Crippen LogP contribution in [0.25, 0.3) is 0 Å². The third-order valence-corrected chi connectivity index (χ3v) is 6.19. The molecule has 11 heteroatoms. The fourth-order valence-corrected chi connectivity index (χ4v) is 3.93. The fourth-order valence-electron chi connectivity index (χ4n) is 3.63. The average Bonchev–Trinajstić information content (AvgIpc) is 3.33. The molecule has 0 bridgehead atoms. The molecular formula is C23H25Cl2N5O4. The smallest absolute Gasteiger partial charge is 0.293 e. The van der Waals surface area contributed by atoms with Crippen molar-refractivity contribution in [1.29, 1.82) is 0 Å². The number of carbonyl (C=O) groups is 2. The van der Waals surface area contributed by atoms with E-state index >= 15 is 0 Å². The van der Waals surface area contributed by atoms with E-state index in [4.69, 9.17) is 23.2 Å². The maximum Gasteiger partial charge on any atom is 0.293 e. The van der Waals surface area contributed by atoms with Crippen LogP contribution in [-0.2, 0) is 4.79 Å². The van der Waals surface area contributed by atoms with Gasteiger partial charge in [-0.1, -0.05) is 43.1 Å². The number of nitro groups is 1. The third kappa shape index (κ3) is 6.24. The lowest BCUT2D eigenvalue weighted by molar-refractivity contribution is -0.384. The molecule has 2 amide bonds. The molecular weight excluding hydrogens is 481 g/mol. The second-order valence-electron chi connectivity index (χ2n) is 8.26. The van der Waals surface area contributed by atoms with Crippen molar-refractivity contribution < 1.29 is 14.5 Å². The van der Waals surface area contributed by atoms with E-state index in [1.54, 1.807) is 26.0 Å². The quantitative estimate of drug-likeness (QED) is 0.313. The minimum absolute atomic E-state index is 0.00822. The minimum atomic E-state index is -0.869. The molecule has 1 aliphatic heterocycles. The van der Waals surface area contributed by atoms with Crippen molar-refractivity contribution in [1.82, 2.24) is 10.7 Å². The number of nitro benzene ring substituents is 1. The number of nitrogens with zero attached hydrogens (tertiary/aromatic N) is 3. The highest BCUT2D eigenvalue weighted by Crippen LogP contribution is 2.31. The SMILES string of the molecule is CC(C)C(NC(=O)c1ccc(Cl)c(Cl)c1)C(=O)N/N=C\c1ccc(N2CCCC2)c([N+](=O)[O-])c1. The molecule has 0 aromatic heterocycles. The standard InChI is InChI=1S/C23H25Cl2N5O4/c1-14(2)21(27-22(31)16-6-7-17(24)18(25)12-16)23(32)28-26-13-15-5-8-19(20(11-15)30(33)34)29-9-3-4-10-29/h5-8,11-14,21H,3-4,9-10H2,1-2H3,(H,27,31)(H,28,32)/b26-13-. The number of rotatable bonds is 8. The van der Waals surface area contributed by atoms with Crippen LogP contribution >= 0.6 is 23.2 Å². The number of hydrogen-bond donors (Lipinski definition) is 2. The molecule has 1 heterocycles. The zero-order valence-corrected chi connectivity index (χ0v) is 20.3. The monoisotopic (exact) mass is 505 g/mol. The van der Waals surface area contributed by atoms with Gasteiger partial charge in [-0.05, 0) is 43.0 Å². The van der Waals surface area contributed by atoms with E-state index < -0.39 is 22.8 Å². The molecule has 2 aromatic rings. The molecule has 1 fully saturated rings. The zero-order chi connectivity index (χ0) is 24.8. The van der Waals surface area contributed by atoms with Gasteiger partial charge in [-0.3, -0.25) is 19.7 Å². The van der Waals surface area contributed by atoms with Crippen LogP contribution in [0.5, 0.6) is 0 Å². The maximum absolute atomic E-state index is 12.7. The Kier molecular flexibility index (Phi) is 8.46. The van der Waals surface area contributed by atoms with Crippen molar-refractivity contribution >= 4 is 52.6 Å². The number of hydrazone groups is 1. The van der Waals surface area contributed by atoms with Crippen molar-refractivity contribution in [2.45, 2.75) is 32.7 Å². The highest BCUT2D eigenvalue weighted by Gasteiger charge is 2.25. The summed E-state index contributed by atoms with van der Waals surface area (Å²) in [6, 6.07) is 8.40. The Bertz CT molecular complexity index is 1120. The lowest BCUT2D eigenvalue weighted by Crippen LogP contribution is -2.48. The summed E-state index contributed by atoms with van der Waals surface area (Å²) in [5, 5.41) is 18.7. The Hall–Kier alpha value is -3.17. The minimum Gasteiger partial charge on any atom is -0.366 e. The predicted octanol–water partition coefficient (Wildman–Crippen LogP) is 4.41. The number of amides is 2. The number of nitrogens with one attached hydrogen (secondary N) is 2. The van der Waals surface area contributed by atoms with E-state index in [-0.39, 0.29) is 22.2 Å². The summed E-state index contributed by atoms with van der Waals surface area (Å²) in [5.41, 5.74) is 3.70. The van der Waals surface area contributed by atoms with E-state index in [0.29, 0.717) is 16.3 Å². The molecule has 0 radical (unpaired) electrons. The average molecular weight is 506 g/mol. The van der Waals surface area contributed by atoms with E-state index in [1.807, 2.05) is 4.90 Å². The molecule has 34 heavy (non-hydrogen) atoms. The molecule has 3 rings (SSSR count). The van der Waals surface area contributed by atoms with E-state index in [2.05, 4.69) is 15.8 Å². The maximum atomic E-state index is 12.7.